The Kier molecular flexibility index (Phi) is 5.47. The van der Waals surface area contributed by atoms with Crippen LogP contribution in [0.4, 0.5) is 5.69 Å². The van der Waals surface area contributed by atoms with E-state index in [2.05, 4.69) is 66.1 Å². The SMILES string of the molecule is CCC(C)(C)N(C)CCNc1cccc(Br)c1. The molecule has 2 nitrogen and oxygen atoms in total. The summed E-state index contributed by atoms with van der Waals surface area (Å²) in [6, 6.07) is 8.28. The van der Waals surface area contributed by atoms with Gasteiger partial charge in [0.05, 0.1) is 0 Å². The van der Waals surface area contributed by atoms with Crippen molar-refractivity contribution in [1.29, 1.82) is 0 Å². The summed E-state index contributed by atoms with van der Waals surface area (Å²) in [7, 11) is 2.19. The van der Waals surface area contributed by atoms with E-state index in [0.29, 0.717) is 0 Å². The van der Waals surface area contributed by atoms with Crippen molar-refractivity contribution >= 4 is 21.6 Å². The van der Waals surface area contributed by atoms with Crippen LogP contribution in [0.2, 0.25) is 0 Å². The van der Waals surface area contributed by atoms with E-state index >= 15 is 0 Å². The molecule has 0 heterocycles. The number of anilines is 1. The molecular weight excluding hydrogens is 276 g/mol. The van der Waals surface area contributed by atoms with Crippen LogP contribution in [-0.2, 0) is 0 Å². The van der Waals surface area contributed by atoms with Gasteiger partial charge in [-0.3, -0.25) is 4.90 Å². The van der Waals surface area contributed by atoms with Gasteiger partial charge in [0.25, 0.3) is 0 Å². The summed E-state index contributed by atoms with van der Waals surface area (Å²) in [5, 5.41) is 3.44. The van der Waals surface area contributed by atoms with Crippen LogP contribution in [0.15, 0.2) is 28.7 Å². The maximum atomic E-state index is 3.48. The molecule has 96 valence electrons. The van der Waals surface area contributed by atoms with Crippen LogP contribution in [-0.4, -0.2) is 30.6 Å². The Hall–Kier alpha value is -0.540. The molecule has 1 aromatic rings. The molecule has 0 saturated heterocycles. The van der Waals surface area contributed by atoms with Crippen molar-refractivity contribution in [2.45, 2.75) is 32.7 Å². The fourth-order valence-electron chi connectivity index (χ4n) is 1.54. The lowest BCUT2D eigenvalue weighted by atomic mass is 10.0. The van der Waals surface area contributed by atoms with Crippen molar-refractivity contribution in [2.75, 3.05) is 25.5 Å². The second-order valence-corrected chi connectivity index (χ2v) is 5.94. The van der Waals surface area contributed by atoms with E-state index < -0.39 is 0 Å². The van der Waals surface area contributed by atoms with Gasteiger partial charge in [0, 0.05) is 28.8 Å². The lowest BCUT2D eigenvalue weighted by Gasteiger charge is -2.34. The highest BCUT2D eigenvalue weighted by Crippen LogP contribution is 2.17. The highest BCUT2D eigenvalue weighted by molar-refractivity contribution is 9.10. The van der Waals surface area contributed by atoms with Gasteiger partial charge in [-0.1, -0.05) is 28.9 Å². The van der Waals surface area contributed by atoms with Crippen molar-refractivity contribution in [3.05, 3.63) is 28.7 Å². The fourth-order valence-corrected chi connectivity index (χ4v) is 1.94. The molecule has 1 aromatic carbocycles. The summed E-state index contributed by atoms with van der Waals surface area (Å²) in [6.45, 7) is 8.82. The Balaban J connectivity index is 2.38. The van der Waals surface area contributed by atoms with Gasteiger partial charge in [-0.25, -0.2) is 0 Å². The molecule has 0 amide bonds. The first-order valence-corrected chi connectivity index (χ1v) is 6.95. The number of hydrogen-bond donors (Lipinski definition) is 1. The summed E-state index contributed by atoms with van der Waals surface area (Å²) in [4.78, 5) is 2.40. The minimum Gasteiger partial charge on any atom is -0.384 e. The molecule has 0 unspecified atom stereocenters. The molecule has 0 aliphatic carbocycles. The number of likely N-dealkylation sites (N-methyl/N-ethyl adjacent to an activating group) is 1. The molecular formula is C14H23BrN2. The fraction of sp³-hybridized carbons (Fsp3) is 0.571. The van der Waals surface area contributed by atoms with Crippen molar-refractivity contribution < 1.29 is 0 Å². The van der Waals surface area contributed by atoms with Gasteiger partial charge in [-0.05, 0) is 45.5 Å². The second kappa shape index (κ2) is 6.41. The van der Waals surface area contributed by atoms with Gasteiger partial charge in [0.15, 0.2) is 0 Å². The predicted octanol–water partition coefficient (Wildman–Crippen LogP) is 3.98. The van der Waals surface area contributed by atoms with Crippen LogP contribution in [0.1, 0.15) is 27.2 Å². The van der Waals surface area contributed by atoms with Crippen LogP contribution >= 0.6 is 15.9 Å². The molecule has 1 rings (SSSR count). The number of nitrogens with zero attached hydrogens (tertiary/aromatic N) is 1. The van der Waals surface area contributed by atoms with Crippen LogP contribution in [0.25, 0.3) is 0 Å². The normalized spacial score (nSPS) is 11.9. The molecule has 0 aliphatic rings. The lowest BCUT2D eigenvalue weighted by Crippen LogP contribution is -2.42. The van der Waals surface area contributed by atoms with Gasteiger partial charge in [-0.2, -0.15) is 0 Å². The monoisotopic (exact) mass is 298 g/mol. The quantitative estimate of drug-likeness (QED) is 0.854. The molecule has 3 heteroatoms. The number of nitrogens with one attached hydrogen (secondary N) is 1. The van der Waals surface area contributed by atoms with Gasteiger partial charge in [0.2, 0.25) is 0 Å². The van der Waals surface area contributed by atoms with Crippen molar-refractivity contribution in [3.63, 3.8) is 0 Å². The van der Waals surface area contributed by atoms with E-state index in [1.54, 1.807) is 0 Å². The molecule has 0 radical (unpaired) electrons. The van der Waals surface area contributed by atoms with Crippen molar-refractivity contribution in [1.82, 2.24) is 4.90 Å². The first-order valence-electron chi connectivity index (χ1n) is 6.16. The molecule has 0 aliphatic heterocycles. The standard InChI is InChI=1S/C14H23BrN2/c1-5-14(2,3)17(4)10-9-16-13-8-6-7-12(15)11-13/h6-8,11,16H,5,9-10H2,1-4H3. The molecule has 17 heavy (non-hydrogen) atoms. The molecule has 0 aromatic heterocycles. The maximum Gasteiger partial charge on any atom is 0.0351 e. The van der Waals surface area contributed by atoms with E-state index in [4.69, 9.17) is 0 Å². The molecule has 0 spiro atoms. The Morgan fingerprint density at radius 2 is 2.06 bits per heavy atom. The van der Waals surface area contributed by atoms with Gasteiger partial charge in [-0.15, -0.1) is 0 Å². The zero-order chi connectivity index (χ0) is 12.9. The largest absolute Gasteiger partial charge is 0.384 e. The topological polar surface area (TPSA) is 15.3 Å². The summed E-state index contributed by atoms with van der Waals surface area (Å²) in [5.41, 5.74) is 1.45. The first kappa shape index (κ1) is 14.5. The summed E-state index contributed by atoms with van der Waals surface area (Å²) >= 11 is 3.48. The zero-order valence-corrected chi connectivity index (χ0v) is 12.8. The highest BCUT2D eigenvalue weighted by Gasteiger charge is 2.19. The average molecular weight is 299 g/mol. The number of hydrogen-bond acceptors (Lipinski definition) is 2. The van der Waals surface area contributed by atoms with Crippen LogP contribution in [0.5, 0.6) is 0 Å². The minimum absolute atomic E-state index is 0.277. The van der Waals surface area contributed by atoms with Crippen LogP contribution < -0.4 is 5.32 Å². The van der Waals surface area contributed by atoms with Crippen molar-refractivity contribution in [2.24, 2.45) is 0 Å². The molecule has 1 N–H and O–H groups in total. The molecule has 0 bridgehead atoms. The highest BCUT2D eigenvalue weighted by atomic mass is 79.9. The molecule has 0 saturated carbocycles. The third-order valence-corrected chi connectivity index (χ3v) is 3.99. The van der Waals surface area contributed by atoms with Gasteiger partial charge < -0.3 is 5.32 Å². The van der Waals surface area contributed by atoms with E-state index in [9.17, 15) is 0 Å². The van der Waals surface area contributed by atoms with Crippen molar-refractivity contribution in [3.8, 4) is 0 Å². The van der Waals surface area contributed by atoms with Gasteiger partial charge in [0.1, 0.15) is 0 Å². The summed E-state index contributed by atoms with van der Waals surface area (Å²) in [6.07, 6.45) is 1.17. The first-order chi connectivity index (χ1) is 7.95. The summed E-state index contributed by atoms with van der Waals surface area (Å²) in [5.74, 6) is 0. The van der Waals surface area contributed by atoms with E-state index in [-0.39, 0.29) is 5.54 Å². The minimum atomic E-state index is 0.277. The second-order valence-electron chi connectivity index (χ2n) is 5.02. The summed E-state index contributed by atoms with van der Waals surface area (Å²) < 4.78 is 1.12. The Morgan fingerprint density at radius 3 is 2.65 bits per heavy atom. The number of benzene rings is 1. The zero-order valence-electron chi connectivity index (χ0n) is 11.3. The third-order valence-electron chi connectivity index (χ3n) is 3.50. The third kappa shape index (κ3) is 4.68. The van der Waals surface area contributed by atoms with Crippen LogP contribution in [0, 0.1) is 0 Å². The Morgan fingerprint density at radius 1 is 1.35 bits per heavy atom. The Labute approximate surface area is 114 Å². The molecule has 0 atom stereocenters. The number of halogens is 1. The molecule has 0 fully saturated rings. The lowest BCUT2D eigenvalue weighted by molar-refractivity contribution is 0.157. The smallest absolute Gasteiger partial charge is 0.0351 e. The maximum absolute atomic E-state index is 3.48. The number of rotatable bonds is 6. The van der Waals surface area contributed by atoms with E-state index in [1.807, 2.05) is 12.1 Å². The Bertz CT molecular complexity index is 350. The van der Waals surface area contributed by atoms with E-state index in [1.165, 1.54) is 12.1 Å². The van der Waals surface area contributed by atoms with E-state index in [0.717, 1.165) is 17.6 Å². The average Bonchev–Trinajstić information content (AvgIpc) is 2.29. The predicted molar refractivity (Wildman–Crippen MR) is 79.6 cm³/mol. The van der Waals surface area contributed by atoms with Gasteiger partial charge >= 0.3 is 0 Å². The van der Waals surface area contributed by atoms with Crippen LogP contribution in [0.3, 0.4) is 0 Å².